The van der Waals surface area contributed by atoms with E-state index in [-0.39, 0.29) is 0 Å². The second kappa shape index (κ2) is 15.3. The lowest BCUT2D eigenvalue weighted by molar-refractivity contribution is 0.360. The summed E-state index contributed by atoms with van der Waals surface area (Å²) in [6.07, 6.45) is 0. The molecule has 0 amide bonds. The van der Waals surface area contributed by atoms with Gasteiger partial charge in [-0.25, -0.2) is 0 Å². The molecule has 15 rings (SSSR count). The molecule has 1 aromatic heterocycles. The van der Waals surface area contributed by atoms with E-state index in [4.69, 9.17) is 13.9 Å². The summed E-state index contributed by atoms with van der Waals surface area (Å²) in [6.45, 7) is 0. The molecule has 0 bridgehead atoms. The van der Waals surface area contributed by atoms with Crippen LogP contribution in [0.2, 0.25) is 0 Å². The quantitative estimate of drug-likeness (QED) is 0.166. The molecule has 1 aliphatic heterocycles. The van der Waals surface area contributed by atoms with Crippen LogP contribution in [0.4, 0.5) is 17.1 Å². The third-order valence-electron chi connectivity index (χ3n) is 15.0. The zero-order chi connectivity index (χ0) is 46.6. The van der Waals surface area contributed by atoms with E-state index in [9.17, 15) is 0 Å². The van der Waals surface area contributed by atoms with E-state index < -0.39 is 5.41 Å². The van der Waals surface area contributed by atoms with Crippen molar-refractivity contribution in [2.45, 2.75) is 5.41 Å². The van der Waals surface area contributed by atoms with Gasteiger partial charge < -0.3 is 18.8 Å². The minimum absolute atomic E-state index is 0.474. The van der Waals surface area contributed by atoms with Gasteiger partial charge in [0.25, 0.3) is 0 Å². The van der Waals surface area contributed by atoms with Crippen molar-refractivity contribution in [3.8, 4) is 78.6 Å². The van der Waals surface area contributed by atoms with Crippen molar-refractivity contribution in [3.63, 3.8) is 0 Å². The Hall–Kier alpha value is -9.38. The van der Waals surface area contributed by atoms with Crippen LogP contribution in [-0.2, 0) is 5.41 Å². The predicted molar refractivity (Wildman–Crippen MR) is 288 cm³/mol. The lowest BCUT2D eigenvalue weighted by atomic mass is 9.70. The zero-order valence-electron chi connectivity index (χ0n) is 38.3. The maximum absolute atomic E-state index is 7.13. The first-order valence-electron chi connectivity index (χ1n) is 24.2. The average molecular weight is 908 g/mol. The number of fused-ring (bicyclic) bond motifs is 16. The number of ether oxygens (including phenoxy) is 2. The van der Waals surface area contributed by atoms with Crippen LogP contribution in [0.5, 0.6) is 23.0 Å². The molecule has 0 fully saturated rings. The third-order valence-corrected chi connectivity index (χ3v) is 15.0. The van der Waals surface area contributed by atoms with Crippen LogP contribution < -0.4 is 14.4 Å². The molecule has 0 saturated heterocycles. The number of furan rings is 1. The van der Waals surface area contributed by atoms with Gasteiger partial charge in [-0.3, -0.25) is 0 Å². The molecular weight excluding hydrogens is 867 g/mol. The topological polar surface area (TPSA) is 34.8 Å². The van der Waals surface area contributed by atoms with Gasteiger partial charge >= 0.3 is 0 Å². The Balaban J connectivity index is 0.809. The molecule has 0 radical (unpaired) electrons. The Morgan fingerprint density at radius 3 is 1.58 bits per heavy atom. The van der Waals surface area contributed by atoms with Gasteiger partial charge in [0.2, 0.25) is 0 Å². The lowest BCUT2D eigenvalue weighted by Crippen LogP contribution is -2.25. The van der Waals surface area contributed by atoms with Gasteiger partial charge in [-0.15, -0.1) is 0 Å². The Bertz CT molecular complexity index is 4070. The highest BCUT2D eigenvalue weighted by Crippen LogP contribution is 2.66. The van der Waals surface area contributed by atoms with Gasteiger partial charge in [0, 0.05) is 33.4 Å². The van der Waals surface area contributed by atoms with Crippen LogP contribution in [-0.4, -0.2) is 0 Å². The average Bonchev–Trinajstić information content (AvgIpc) is 4.07. The zero-order valence-corrected chi connectivity index (χ0v) is 38.3. The van der Waals surface area contributed by atoms with Gasteiger partial charge in [0.1, 0.15) is 11.2 Å². The van der Waals surface area contributed by atoms with Crippen molar-refractivity contribution in [2.24, 2.45) is 0 Å². The largest absolute Gasteiger partial charge is 0.456 e. The van der Waals surface area contributed by atoms with Crippen molar-refractivity contribution in [3.05, 3.63) is 271 Å². The molecule has 0 atom stereocenters. The summed E-state index contributed by atoms with van der Waals surface area (Å²) in [5, 5.41) is 2.24. The van der Waals surface area contributed by atoms with Crippen LogP contribution >= 0.6 is 0 Å². The first-order chi connectivity index (χ1) is 35.2. The lowest BCUT2D eigenvalue weighted by Gasteiger charge is -2.31. The SMILES string of the molecule is c1ccc(-c2ccc(N(c3ccc(-c4ccc5oc6ccccc6c5c4)cc3)c3cccc(-c4ccc5c(c4)Oc4c(ccc6c4-c4ccccc4C64c6ccccc6-c6ccccc64)O5)c3)cc2)cc1. The summed E-state index contributed by atoms with van der Waals surface area (Å²) >= 11 is 0. The maximum atomic E-state index is 7.13. The number of para-hydroxylation sites is 1. The van der Waals surface area contributed by atoms with Gasteiger partial charge in [-0.2, -0.15) is 0 Å². The molecule has 1 spiro atoms. The molecular formula is C67H41NO3. The van der Waals surface area contributed by atoms with E-state index in [0.717, 1.165) is 72.6 Å². The monoisotopic (exact) mass is 907 g/mol. The number of rotatable bonds is 6. The summed E-state index contributed by atoms with van der Waals surface area (Å²) in [7, 11) is 0. The number of anilines is 3. The molecule has 11 aromatic carbocycles. The standard InChI is InChI=1S/C67H41NO3/c1-2-13-42(14-3-1)43-25-31-48(32-26-43)68(49-33-27-44(28-34-49)46-29-36-61-55(40-46)53-19-7-11-24-60(53)69-61)50-16-12-15-45(39-50)47-30-37-62-64(41-47)71-66-63(70-62)38-35-59-65(66)54-20-6-10-23-58(54)67(59)56-21-8-4-17-51(56)52-18-5-9-22-57(52)67/h1-41H. The van der Waals surface area contributed by atoms with Crippen LogP contribution in [0.1, 0.15) is 22.3 Å². The van der Waals surface area contributed by atoms with Crippen molar-refractivity contribution in [2.75, 3.05) is 4.90 Å². The van der Waals surface area contributed by atoms with Gasteiger partial charge in [0.15, 0.2) is 23.0 Å². The van der Waals surface area contributed by atoms with E-state index in [1.54, 1.807) is 0 Å². The van der Waals surface area contributed by atoms with Gasteiger partial charge in [0.05, 0.1) is 5.41 Å². The van der Waals surface area contributed by atoms with Crippen molar-refractivity contribution in [1.29, 1.82) is 0 Å². The van der Waals surface area contributed by atoms with Crippen LogP contribution in [0.15, 0.2) is 253 Å². The fourth-order valence-corrected chi connectivity index (χ4v) is 11.8. The Labute approximate surface area is 410 Å². The van der Waals surface area contributed by atoms with Crippen LogP contribution in [0.3, 0.4) is 0 Å². The summed E-state index contributed by atoms with van der Waals surface area (Å²) in [4.78, 5) is 2.33. The van der Waals surface area contributed by atoms with Crippen molar-refractivity contribution >= 4 is 39.0 Å². The van der Waals surface area contributed by atoms with E-state index in [2.05, 4.69) is 235 Å². The molecule has 4 nitrogen and oxygen atoms in total. The van der Waals surface area contributed by atoms with Crippen LogP contribution in [0.25, 0.3) is 77.6 Å². The summed E-state index contributed by atoms with van der Waals surface area (Å²) in [5.41, 5.74) is 21.0. The highest BCUT2D eigenvalue weighted by Gasteiger charge is 2.53. The highest BCUT2D eigenvalue weighted by molar-refractivity contribution is 6.06. The van der Waals surface area contributed by atoms with E-state index in [0.29, 0.717) is 17.2 Å². The number of nitrogens with zero attached hydrogens (tertiary/aromatic N) is 1. The molecule has 0 unspecified atom stereocenters. The Morgan fingerprint density at radius 2 is 0.831 bits per heavy atom. The smallest absolute Gasteiger partial charge is 0.178 e. The molecule has 2 aliphatic carbocycles. The first-order valence-corrected chi connectivity index (χ1v) is 24.2. The molecule has 12 aromatic rings. The van der Waals surface area contributed by atoms with Crippen molar-refractivity contribution in [1.82, 2.24) is 0 Å². The number of hydrogen-bond donors (Lipinski definition) is 0. The summed E-state index contributed by atoms with van der Waals surface area (Å²) in [6, 6.07) is 88.9. The van der Waals surface area contributed by atoms with E-state index >= 15 is 0 Å². The predicted octanol–water partition coefficient (Wildman–Crippen LogP) is 18.3. The van der Waals surface area contributed by atoms with Crippen molar-refractivity contribution < 1.29 is 13.9 Å². The summed E-state index contributed by atoms with van der Waals surface area (Å²) in [5.74, 6) is 2.84. The fraction of sp³-hybridized carbons (Fsp3) is 0.0149. The molecule has 0 N–H and O–H groups in total. The highest BCUT2D eigenvalue weighted by atomic mass is 16.6. The molecule has 2 heterocycles. The normalized spacial score (nSPS) is 13.1. The van der Waals surface area contributed by atoms with E-state index in [1.807, 2.05) is 18.2 Å². The molecule has 0 saturated carbocycles. The molecule has 3 aliphatic rings. The van der Waals surface area contributed by atoms with E-state index in [1.165, 1.54) is 50.1 Å². The Morgan fingerprint density at radius 1 is 0.296 bits per heavy atom. The minimum atomic E-state index is -0.474. The van der Waals surface area contributed by atoms with Gasteiger partial charge in [-0.1, -0.05) is 176 Å². The maximum Gasteiger partial charge on any atom is 0.178 e. The molecule has 332 valence electrons. The second-order valence-corrected chi connectivity index (χ2v) is 18.7. The Kier molecular flexibility index (Phi) is 8.54. The molecule has 4 heteroatoms. The second-order valence-electron chi connectivity index (χ2n) is 18.7. The fourth-order valence-electron chi connectivity index (χ4n) is 11.8. The molecule has 71 heavy (non-hydrogen) atoms. The van der Waals surface area contributed by atoms with Crippen LogP contribution in [0, 0.1) is 0 Å². The van der Waals surface area contributed by atoms with Gasteiger partial charge in [-0.05, 0) is 145 Å². The summed E-state index contributed by atoms with van der Waals surface area (Å²) < 4.78 is 20.0. The number of benzene rings is 11. The number of hydrogen-bond acceptors (Lipinski definition) is 4. The minimum Gasteiger partial charge on any atom is -0.456 e. The third kappa shape index (κ3) is 5.92. The first kappa shape index (κ1) is 39.6.